The highest BCUT2D eigenvalue weighted by Gasteiger charge is 2.14. The zero-order chi connectivity index (χ0) is 14.2. The molecule has 1 saturated heterocycles. The second-order valence-corrected chi connectivity index (χ2v) is 5.43. The van der Waals surface area contributed by atoms with E-state index in [0.29, 0.717) is 12.5 Å². The Morgan fingerprint density at radius 1 is 1.30 bits per heavy atom. The summed E-state index contributed by atoms with van der Waals surface area (Å²) >= 11 is 0. The quantitative estimate of drug-likeness (QED) is 0.866. The molecule has 0 bridgehead atoms. The first kappa shape index (κ1) is 14.9. The van der Waals surface area contributed by atoms with Gasteiger partial charge in [0.15, 0.2) is 0 Å². The third-order valence-electron chi connectivity index (χ3n) is 3.67. The van der Waals surface area contributed by atoms with Crippen molar-refractivity contribution >= 4 is 6.03 Å². The minimum Gasteiger partial charge on any atom is -0.381 e. The molecule has 2 N–H and O–H groups in total. The van der Waals surface area contributed by atoms with Gasteiger partial charge in [-0.25, -0.2) is 4.79 Å². The lowest BCUT2D eigenvalue weighted by molar-refractivity contribution is 0.0669. The monoisotopic (exact) mass is 276 g/mol. The van der Waals surface area contributed by atoms with Crippen molar-refractivity contribution in [2.45, 2.75) is 26.2 Å². The van der Waals surface area contributed by atoms with Crippen molar-refractivity contribution in [2.24, 2.45) is 5.92 Å². The van der Waals surface area contributed by atoms with Crippen LogP contribution in [0.15, 0.2) is 24.3 Å². The van der Waals surface area contributed by atoms with Crippen LogP contribution >= 0.6 is 0 Å². The van der Waals surface area contributed by atoms with Crippen molar-refractivity contribution in [3.63, 3.8) is 0 Å². The SMILES string of the molecule is Cc1cccc(CCNC(=O)NCC2CCOCC2)c1. The number of benzene rings is 1. The van der Waals surface area contributed by atoms with E-state index >= 15 is 0 Å². The van der Waals surface area contributed by atoms with Gasteiger partial charge in [-0.1, -0.05) is 29.8 Å². The van der Waals surface area contributed by atoms with Crippen molar-refractivity contribution in [1.82, 2.24) is 10.6 Å². The van der Waals surface area contributed by atoms with Gasteiger partial charge in [-0.05, 0) is 37.7 Å². The summed E-state index contributed by atoms with van der Waals surface area (Å²) in [6, 6.07) is 8.31. The summed E-state index contributed by atoms with van der Waals surface area (Å²) in [7, 11) is 0. The molecule has 0 saturated carbocycles. The summed E-state index contributed by atoms with van der Waals surface area (Å²) in [5.74, 6) is 0.561. The molecule has 0 spiro atoms. The maximum absolute atomic E-state index is 11.7. The molecule has 2 amide bonds. The zero-order valence-electron chi connectivity index (χ0n) is 12.2. The van der Waals surface area contributed by atoms with E-state index in [4.69, 9.17) is 4.74 Å². The molecular weight excluding hydrogens is 252 g/mol. The first-order chi connectivity index (χ1) is 9.74. The Bertz CT molecular complexity index is 428. The van der Waals surface area contributed by atoms with Crippen LogP contribution in [0.25, 0.3) is 0 Å². The number of ether oxygens (including phenoxy) is 1. The average Bonchev–Trinajstić information content (AvgIpc) is 2.46. The molecule has 20 heavy (non-hydrogen) atoms. The van der Waals surface area contributed by atoms with Gasteiger partial charge >= 0.3 is 6.03 Å². The fourth-order valence-electron chi connectivity index (χ4n) is 2.44. The molecule has 0 unspecified atom stereocenters. The summed E-state index contributed by atoms with van der Waals surface area (Å²) in [5, 5.41) is 5.85. The predicted molar refractivity (Wildman–Crippen MR) is 79.8 cm³/mol. The van der Waals surface area contributed by atoms with Crippen LogP contribution in [0, 0.1) is 12.8 Å². The van der Waals surface area contributed by atoms with E-state index in [1.807, 2.05) is 0 Å². The minimum atomic E-state index is -0.0656. The third-order valence-corrected chi connectivity index (χ3v) is 3.67. The fourth-order valence-corrected chi connectivity index (χ4v) is 2.44. The van der Waals surface area contributed by atoms with Gasteiger partial charge in [0.05, 0.1) is 0 Å². The van der Waals surface area contributed by atoms with E-state index in [9.17, 15) is 4.79 Å². The Labute approximate surface area is 120 Å². The van der Waals surface area contributed by atoms with Gasteiger partial charge in [-0.2, -0.15) is 0 Å². The molecular formula is C16H24N2O2. The number of nitrogens with one attached hydrogen (secondary N) is 2. The summed E-state index contributed by atoms with van der Waals surface area (Å²) in [6.45, 7) is 5.14. The number of rotatable bonds is 5. The molecule has 110 valence electrons. The lowest BCUT2D eigenvalue weighted by Crippen LogP contribution is -2.40. The van der Waals surface area contributed by atoms with E-state index in [2.05, 4.69) is 41.8 Å². The Hall–Kier alpha value is -1.55. The third kappa shape index (κ3) is 5.21. The molecule has 1 aliphatic rings. The van der Waals surface area contributed by atoms with Gasteiger partial charge in [-0.15, -0.1) is 0 Å². The van der Waals surface area contributed by atoms with Crippen LogP contribution in [-0.4, -0.2) is 32.3 Å². The molecule has 0 atom stereocenters. The highest BCUT2D eigenvalue weighted by molar-refractivity contribution is 5.73. The van der Waals surface area contributed by atoms with Gasteiger partial charge in [0.1, 0.15) is 0 Å². The molecule has 2 rings (SSSR count). The zero-order valence-corrected chi connectivity index (χ0v) is 12.2. The molecule has 4 nitrogen and oxygen atoms in total. The van der Waals surface area contributed by atoms with E-state index < -0.39 is 0 Å². The summed E-state index contributed by atoms with van der Waals surface area (Å²) in [6.07, 6.45) is 2.96. The van der Waals surface area contributed by atoms with Crippen molar-refractivity contribution in [3.8, 4) is 0 Å². The topological polar surface area (TPSA) is 50.4 Å². The van der Waals surface area contributed by atoms with Crippen LogP contribution in [0.3, 0.4) is 0 Å². The molecule has 0 radical (unpaired) electrons. The highest BCUT2D eigenvalue weighted by atomic mass is 16.5. The van der Waals surface area contributed by atoms with E-state index in [1.54, 1.807) is 0 Å². The summed E-state index contributed by atoms with van der Waals surface area (Å²) in [4.78, 5) is 11.7. The largest absolute Gasteiger partial charge is 0.381 e. The van der Waals surface area contributed by atoms with E-state index in [0.717, 1.165) is 39.0 Å². The normalized spacial score (nSPS) is 15.8. The lowest BCUT2D eigenvalue weighted by atomic mass is 10.0. The van der Waals surface area contributed by atoms with Crippen molar-refractivity contribution < 1.29 is 9.53 Å². The first-order valence-electron chi connectivity index (χ1n) is 7.39. The number of hydrogen-bond donors (Lipinski definition) is 2. The predicted octanol–water partition coefficient (Wildman–Crippen LogP) is 2.26. The average molecular weight is 276 g/mol. The molecule has 1 aromatic rings. The molecule has 0 aromatic heterocycles. The van der Waals surface area contributed by atoms with E-state index in [-0.39, 0.29) is 6.03 Å². The number of carbonyl (C=O) groups is 1. The Morgan fingerprint density at radius 2 is 2.10 bits per heavy atom. The molecule has 1 heterocycles. The Morgan fingerprint density at radius 3 is 2.85 bits per heavy atom. The maximum Gasteiger partial charge on any atom is 0.314 e. The number of hydrogen-bond acceptors (Lipinski definition) is 2. The number of carbonyl (C=O) groups excluding carboxylic acids is 1. The van der Waals surface area contributed by atoms with Crippen LogP contribution in [0.4, 0.5) is 4.79 Å². The van der Waals surface area contributed by atoms with Gasteiger partial charge in [0, 0.05) is 26.3 Å². The van der Waals surface area contributed by atoms with Crippen LogP contribution in [0.2, 0.25) is 0 Å². The number of aryl methyl sites for hydroxylation is 1. The molecule has 1 aromatic carbocycles. The Balaban J connectivity index is 1.60. The van der Waals surface area contributed by atoms with Crippen LogP contribution in [-0.2, 0) is 11.2 Å². The standard InChI is InChI=1S/C16H24N2O2/c1-13-3-2-4-14(11-13)5-8-17-16(19)18-12-15-6-9-20-10-7-15/h2-4,11,15H,5-10,12H2,1H3,(H2,17,18,19). The summed E-state index contributed by atoms with van der Waals surface area (Å²) < 4.78 is 5.30. The van der Waals surface area contributed by atoms with Gasteiger partial charge in [-0.3, -0.25) is 0 Å². The first-order valence-corrected chi connectivity index (χ1v) is 7.39. The molecule has 0 aliphatic carbocycles. The fraction of sp³-hybridized carbons (Fsp3) is 0.562. The van der Waals surface area contributed by atoms with Crippen LogP contribution < -0.4 is 10.6 Å². The minimum absolute atomic E-state index is 0.0656. The van der Waals surface area contributed by atoms with Crippen LogP contribution in [0.5, 0.6) is 0 Å². The molecule has 1 fully saturated rings. The van der Waals surface area contributed by atoms with Crippen molar-refractivity contribution in [2.75, 3.05) is 26.3 Å². The Kier molecular flexibility index (Phi) is 5.87. The van der Waals surface area contributed by atoms with Crippen molar-refractivity contribution in [1.29, 1.82) is 0 Å². The smallest absolute Gasteiger partial charge is 0.314 e. The highest BCUT2D eigenvalue weighted by Crippen LogP contribution is 2.12. The molecule has 4 heteroatoms. The van der Waals surface area contributed by atoms with Gasteiger partial charge in [0.25, 0.3) is 0 Å². The molecule has 1 aliphatic heterocycles. The summed E-state index contributed by atoms with van der Waals surface area (Å²) in [5.41, 5.74) is 2.51. The van der Waals surface area contributed by atoms with Crippen molar-refractivity contribution in [3.05, 3.63) is 35.4 Å². The van der Waals surface area contributed by atoms with E-state index in [1.165, 1.54) is 11.1 Å². The number of amides is 2. The van der Waals surface area contributed by atoms with Gasteiger partial charge in [0.2, 0.25) is 0 Å². The maximum atomic E-state index is 11.7. The van der Waals surface area contributed by atoms with Crippen LogP contribution in [0.1, 0.15) is 24.0 Å². The second kappa shape index (κ2) is 7.90. The second-order valence-electron chi connectivity index (χ2n) is 5.43. The number of urea groups is 1. The lowest BCUT2D eigenvalue weighted by Gasteiger charge is -2.22. The van der Waals surface area contributed by atoms with Gasteiger partial charge < -0.3 is 15.4 Å².